The van der Waals surface area contributed by atoms with E-state index >= 15 is 0 Å². The minimum atomic E-state index is -0.804. The fourth-order valence-electron chi connectivity index (χ4n) is 3.86. The largest absolute Gasteiger partial charge is 0.277 e. The zero-order valence-electron chi connectivity index (χ0n) is 15.4. The van der Waals surface area contributed by atoms with Crippen LogP contribution in [0.15, 0.2) is 48.5 Å². The number of anilines is 1. The molecule has 0 aliphatic carbocycles. The number of amides is 2. The first-order valence-electron chi connectivity index (χ1n) is 9.03. The molecular formula is C21H21ClN2O3. The third-order valence-electron chi connectivity index (χ3n) is 5.17. The van der Waals surface area contributed by atoms with Crippen molar-refractivity contribution >= 4 is 29.1 Å². The molecule has 2 aromatic carbocycles. The SMILES string of the molecule is Cc1ccc(C2C3C(=O)N(C(C)C)C(=O)C3ON2c2ccc(Cl)cc2)cc1. The Balaban J connectivity index is 1.79. The molecule has 0 aromatic heterocycles. The maximum Gasteiger partial charge on any atom is 0.262 e. The van der Waals surface area contributed by atoms with Gasteiger partial charge in [0.05, 0.1) is 11.7 Å². The van der Waals surface area contributed by atoms with Crippen LogP contribution in [0.2, 0.25) is 5.02 Å². The summed E-state index contributed by atoms with van der Waals surface area (Å²) in [5.74, 6) is -1.02. The number of benzene rings is 2. The number of carbonyl (C=O) groups excluding carboxylic acids is 2. The van der Waals surface area contributed by atoms with E-state index in [2.05, 4.69) is 0 Å². The Bertz CT molecular complexity index is 879. The summed E-state index contributed by atoms with van der Waals surface area (Å²) in [5.41, 5.74) is 2.83. The quantitative estimate of drug-likeness (QED) is 0.753. The van der Waals surface area contributed by atoms with Gasteiger partial charge in [0.2, 0.25) is 5.91 Å². The average Bonchev–Trinajstić information content (AvgIpc) is 3.13. The van der Waals surface area contributed by atoms with Gasteiger partial charge in [-0.15, -0.1) is 0 Å². The number of halogens is 1. The highest BCUT2D eigenvalue weighted by Crippen LogP contribution is 2.47. The Morgan fingerprint density at radius 1 is 0.963 bits per heavy atom. The average molecular weight is 385 g/mol. The second-order valence-electron chi connectivity index (χ2n) is 7.35. The van der Waals surface area contributed by atoms with Crippen molar-refractivity contribution < 1.29 is 14.4 Å². The first-order valence-corrected chi connectivity index (χ1v) is 9.41. The van der Waals surface area contributed by atoms with Crippen molar-refractivity contribution in [1.29, 1.82) is 0 Å². The number of hydroxylamine groups is 1. The van der Waals surface area contributed by atoms with Gasteiger partial charge in [0.1, 0.15) is 5.92 Å². The predicted octanol–water partition coefficient (Wildman–Crippen LogP) is 3.90. The van der Waals surface area contributed by atoms with Gasteiger partial charge in [0, 0.05) is 11.1 Å². The fourth-order valence-corrected chi connectivity index (χ4v) is 3.99. The second-order valence-corrected chi connectivity index (χ2v) is 7.79. The van der Waals surface area contributed by atoms with Gasteiger partial charge >= 0.3 is 0 Å². The molecule has 2 aliphatic rings. The summed E-state index contributed by atoms with van der Waals surface area (Å²) >= 11 is 6.01. The lowest BCUT2D eigenvalue weighted by atomic mass is 9.90. The molecule has 3 atom stereocenters. The maximum atomic E-state index is 13.1. The summed E-state index contributed by atoms with van der Waals surface area (Å²) in [4.78, 5) is 33.3. The monoisotopic (exact) mass is 384 g/mol. The molecular weight excluding hydrogens is 364 g/mol. The molecule has 5 nitrogen and oxygen atoms in total. The van der Waals surface area contributed by atoms with E-state index < -0.39 is 12.0 Å². The van der Waals surface area contributed by atoms with Crippen LogP contribution in [-0.4, -0.2) is 28.9 Å². The summed E-state index contributed by atoms with van der Waals surface area (Å²) in [7, 11) is 0. The van der Waals surface area contributed by atoms with E-state index in [1.165, 1.54) is 4.90 Å². The van der Waals surface area contributed by atoms with Crippen LogP contribution in [0.4, 0.5) is 5.69 Å². The van der Waals surface area contributed by atoms with Gasteiger partial charge in [-0.3, -0.25) is 19.3 Å². The Kier molecular flexibility index (Phi) is 4.44. The summed E-state index contributed by atoms with van der Waals surface area (Å²) in [6.07, 6.45) is -0.804. The molecule has 4 rings (SSSR count). The molecule has 0 bridgehead atoms. The normalized spacial score (nSPS) is 24.9. The van der Waals surface area contributed by atoms with Gasteiger partial charge in [-0.05, 0) is 50.6 Å². The van der Waals surface area contributed by atoms with Crippen molar-refractivity contribution in [2.24, 2.45) is 5.92 Å². The highest BCUT2D eigenvalue weighted by atomic mass is 35.5. The van der Waals surface area contributed by atoms with Crippen molar-refractivity contribution in [3.05, 3.63) is 64.7 Å². The predicted molar refractivity (Wildman–Crippen MR) is 103 cm³/mol. The lowest BCUT2D eigenvalue weighted by Crippen LogP contribution is -2.41. The molecule has 6 heteroatoms. The third-order valence-corrected chi connectivity index (χ3v) is 5.42. The number of likely N-dealkylation sites (tertiary alicyclic amines) is 1. The molecule has 0 saturated carbocycles. The molecule has 140 valence electrons. The topological polar surface area (TPSA) is 49.9 Å². The fraction of sp³-hybridized carbons (Fsp3) is 0.333. The Morgan fingerprint density at radius 2 is 1.59 bits per heavy atom. The maximum absolute atomic E-state index is 13.1. The second kappa shape index (κ2) is 6.66. The Labute approximate surface area is 163 Å². The van der Waals surface area contributed by atoms with E-state index in [4.69, 9.17) is 16.4 Å². The smallest absolute Gasteiger partial charge is 0.262 e. The van der Waals surface area contributed by atoms with Gasteiger partial charge < -0.3 is 0 Å². The van der Waals surface area contributed by atoms with Gasteiger partial charge in [0.25, 0.3) is 5.91 Å². The minimum absolute atomic E-state index is 0.179. The van der Waals surface area contributed by atoms with Crippen molar-refractivity contribution in [1.82, 2.24) is 4.90 Å². The van der Waals surface area contributed by atoms with Crippen LogP contribution in [0.3, 0.4) is 0 Å². The number of hydrogen-bond acceptors (Lipinski definition) is 4. The highest BCUT2D eigenvalue weighted by Gasteiger charge is 2.60. The third kappa shape index (κ3) is 2.91. The molecule has 0 radical (unpaired) electrons. The molecule has 27 heavy (non-hydrogen) atoms. The van der Waals surface area contributed by atoms with Crippen LogP contribution in [0.25, 0.3) is 0 Å². The molecule has 2 aromatic rings. The first-order chi connectivity index (χ1) is 12.9. The Hall–Kier alpha value is -2.37. The van der Waals surface area contributed by atoms with Crippen LogP contribution in [0.5, 0.6) is 0 Å². The van der Waals surface area contributed by atoms with Gasteiger partial charge in [-0.2, -0.15) is 0 Å². The summed E-state index contributed by atoms with van der Waals surface area (Å²) in [5, 5.41) is 2.30. The van der Waals surface area contributed by atoms with Crippen LogP contribution < -0.4 is 5.06 Å². The lowest BCUT2D eigenvalue weighted by molar-refractivity contribution is -0.145. The molecule has 2 aliphatic heterocycles. The minimum Gasteiger partial charge on any atom is -0.277 e. The number of nitrogens with zero attached hydrogens (tertiary/aromatic N) is 2. The highest BCUT2D eigenvalue weighted by molar-refractivity contribution is 6.30. The van der Waals surface area contributed by atoms with Gasteiger partial charge in [-0.25, -0.2) is 5.06 Å². The van der Waals surface area contributed by atoms with E-state index in [9.17, 15) is 9.59 Å². The van der Waals surface area contributed by atoms with Crippen molar-refractivity contribution in [2.45, 2.75) is 39.0 Å². The lowest BCUT2D eigenvalue weighted by Gasteiger charge is -2.29. The van der Waals surface area contributed by atoms with Crippen molar-refractivity contribution in [3.8, 4) is 0 Å². The van der Waals surface area contributed by atoms with Gasteiger partial charge in [0.15, 0.2) is 6.10 Å². The van der Waals surface area contributed by atoms with Crippen LogP contribution in [0, 0.1) is 12.8 Å². The zero-order valence-corrected chi connectivity index (χ0v) is 16.2. The zero-order chi connectivity index (χ0) is 19.3. The number of imide groups is 1. The van der Waals surface area contributed by atoms with Crippen LogP contribution in [0.1, 0.15) is 31.0 Å². The molecule has 0 spiro atoms. The Morgan fingerprint density at radius 3 is 2.19 bits per heavy atom. The number of fused-ring (bicyclic) bond motifs is 1. The molecule has 2 saturated heterocycles. The standard InChI is InChI=1S/C21H21ClN2O3/c1-12(2)23-20(25)17-18(14-6-4-13(3)5-7-14)24(27-19(17)21(23)26)16-10-8-15(22)9-11-16/h4-12,17-19H,1-3H3. The summed E-state index contributed by atoms with van der Waals surface area (Å²) in [6.45, 7) is 5.70. The van der Waals surface area contributed by atoms with Gasteiger partial charge in [-0.1, -0.05) is 41.4 Å². The van der Waals surface area contributed by atoms with Crippen molar-refractivity contribution in [2.75, 3.05) is 5.06 Å². The van der Waals surface area contributed by atoms with Crippen molar-refractivity contribution in [3.63, 3.8) is 0 Å². The molecule has 2 heterocycles. The number of rotatable bonds is 3. The molecule has 3 unspecified atom stereocenters. The van der Waals surface area contributed by atoms with E-state index in [1.807, 2.05) is 57.2 Å². The number of carbonyl (C=O) groups is 2. The van der Waals surface area contributed by atoms with E-state index in [1.54, 1.807) is 17.2 Å². The van der Waals surface area contributed by atoms with E-state index in [0.29, 0.717) is 5.02 Å². The molecule has 2 amide bonds. The summed E-state index contributed by atoms with van der Waals surface area (Å²) < 4.78 is 0. The number of hydrogen-bond donors (Lipinski definition) is 0. The van der Waals surface area contributed by atoms with Crippen LogP contribution in [-0.2, 0) is 14.4 Å². The van der Waals surface area contributed by atoms with E-state index in [0.717, 1.165) is 16.8 Å². The number of aryl methyl sites for hydroxylation is 1. The van der Waals surface area contributed by atoms with E-state index in [-0.39, 0.29) is 23.9 Å². The van der Waals surface area contributed by atoms with Crippen LogP contribution >= 0.6 is 11.6 Å². The first kappa shape index (κ1) is 18.0. The molecule has 0 N–H and O–H groups in total. The molecule has 2 fully saturated rings. The summed E-state index contributed by atoms with van der Waals surface area (Å²) in [6, 6.07) is 14.6.